The maximum atomic E-state index is 12.1. The van der Waals surface area contributed by atoms with Crippen LogP contribution in [0, 0.1) is 11.8 Å². The number of ether oxygens (including phenoxy) is 1. The van der Waals surface area contributed by atoms with Crippen LogP contribution in [0.1, 0.15) is 26.7 Å². The number of hydrogen-bond acceptors (Lipinski definition) is 3. The summed E-state index contributed by atoms with van der Waals surface area (Å²) in [5, 5.41) is 0. The van der Waals surface area contributed by atoms with Gasteiger partial charge in [-0.2, -0.15) is 0 Å². The standard InChI is InChI=1S/C12H19NO3/c1-4-6-10(9(3)5-2)11(14)13-7-8-16-12(13)15/h4,9-10H,1,5-8H2,2-3H3/t9-,10+/m0/s1. The van der Waals surface area contributed by atoms with Crippen molar-refractivity contribution in [3.63, 3.8) is 0 Å². The number of carbonyl (C=O) groups excluding carboxylic acids is 2. The highest BCUT2D eigenvalue weighted by Gasteiger charge is 2.34. The van der Waals surface area contributed by atoms with Crippen molar-refractivity contribution in [2.24, 2.45) is 11.8 Å². The Labute approximate surface area is 96.3 Å². The lowest BCUT2D eigenvalue weighted by Gasteiger charge is -2.23. The highest BCUT2D eigenvalue weighted by molar-refractivity contribution is 5.94. The molecule has 2 amide bonds. The number of hydrogen-bond donors (Lipinski definition) is 0. The molecular weight excluding hydrogens is 206 g/mol. The lowest BCUT2D eigenvalue weighted by Crippen LogP contribution is -2.39. The molecule has 4 nitrogen and oxygen atoms in total. The van der Waals surface area contributed by atoms with E-state index in [1.165, 1.54) is 4.90 Å². The largest absolute Gasteiger partial charge is 0.447 e. The summed E-state index contributed by atoms with van der Waals surface area (Å²) in [4.78, 5) is 24.6. The average molecular weight is 225 g/mol. The molecule has 4 heteroatoms. The number of cyclic esters (lactones) is 1. The van der Waals surface area contributed by atoms with Crippen molar-refractivity contribution in [1.82, 2.24) is 4.90 Å². The molecule has 90 valence electrons. The predicted molar refractivity (Wildman–Crippen MR) is 60.8 cm³/mol. The van der Waals surface area contributed by atoms with Gasteiger partial charge in [0.2, 0.25) is 5.91 Å². The fourth-order valence-corrected chi connectivity index (χ4v) is 1.83. The van der Waals surface area contributed by atoms with Crippen molar-refractivity contribution >= 4 is 12.0 Å². The van der Waals surface area contributed by atoms with E-state index in [0.717, 1.165) is 6.42 Å². The first kappa shape index (κ1) is 12.7. The van der Waals surface area contributed by atoms with Crippen LogP contribution in [-0.2, 0) is 9.53 Å². The summed E-state index contributed by atoms with van der Waals surface area (Å²) in [5.41, 5.74) is 0. The molecule has 0 unspecified atom stereocenters. The zero-order valence-corrected chi connectivity index (χ0v) is 9.94. The highest BCUT2D eigenvalue weighted by atomic mass is 16.6. The monoisotopic (exact) mass is 225 g/mol. The fourth-order valence-electron chi connectivity index (χ4n) is 1.83. The van der Waals surface area contributed by atoms with Crippen LogP contribution in [0.3, 0.4) is 0 Å². The molecule has 0 N–H and O–H groups in total. The zero-order chi connectivity index (χ0) is 12.1. The second kappa shape index (κ2) is 5.68. The first-order valence-electron chi connectivity index (χ1n) is 5.70. The molecule has 0 aromatic rings. The van der Waals surface area contributed by atoms with Gasteiger partial charge in [-0.25, -0.2) is 9.69 Å². The van der Waals surface area contributed by atoms with Gasteiger partial charge in [-0.05, 0) is 12.3 Å². The molecule has 0 spiro atoms. The first-order valence-corrected chi connectivity index (χ1v) is 5.70. The average Bonchev–Trinajstić information content (AvgIpc) is 2.70. The Balaban J connectivity index is 2.73. The van der Waals surface area contributed by atoms with Gasteiger partial charge >= 0.3 is 6.09 Å². The maximum Gasteiger partial charge on any atom is 0.416 e. The van der Waals surface area contributed by atoms with Crippen molar-refractivity contribution in [2.75, 3.05) is 13.2 Å². The SMILES string of the molecule is C=CC[C@@H](C(=O)N1CCOC1=O)[C@@H](C)CC. The van der Waals surface area contributed by atoms with Gasteiger partial charge in [-0.1, -0.05) is 26.3 Å². The number of nitrogens with zero attached hydrogens (tertiary/aromatic N) is 1. The second-order valence-electron chi connectivity index (χ2n) is 4.12. The topological polar surface area (TPSA) is 46.6 Å². The zero-order valence-electron chi connectivity index (χ0n) is 9.94. The molecule has 0 radical (unpaired) electrons. The van der Waals surface area contributed by atoms with E-state index in [1.54, 1.807) is 6.08 Å². The summed E-state index contributed by atoms with van der Waals surface area (Å²) in [5.74, 6) is -0.0381. The number of carbonyl (C=O) groups is 2. The van der Waals surface area contributed by atoms with Gasteiger partial charge in [0.05, 0.1) is 6.54 Å². The molecular formula is C12H19NO3. The van der Waals surface area contributed by atoms with Gasteiger partial charge in [0.25, 0.3) is 0 Å². The van der Waals surface area contributed by atoms with Crippen LogP contribution in [0.15, 0.2) is 12.7 Å². The van der Waals surface area contributed by atoms with E-state index < -0.39 is 6.09 Å². The lowest BCUT2D eigenvalue weighted by atomic mass is 9.88. The normalized spacial score (nSPS) is 19.1. The molecule has 1 fully saturated rings. The minimum absolute atomic E-state index is 0.128. The molecule has 16 heavy (non-hydrogen) atoms. The molecule has 1 heterocycles. The molecule has 1 aliphatic heterocycles. The van der Waals surface area contributed by atoms with Gasteiger partial charge in [0.1, 0.15) is 6.61 Å². The van der Waals surface area contributed by atoms with Crippen molar-refractivity contribution in [3.05, 3.63) is 12.7 Å². The molecule has 0 aliphatic carbocycles. The van der Waals surface area contributed by atoms with Gasteiger partial charge in [-0.3, -0.25) is 4.79 Å². The summed E-state index contributed by atoms with van der Waals surface area (Å²) in [6, 6.07) is 0. The van der Waals surface area contributed by atoms with E-state index in [1.807, 2.05) is 13.8 Å². The third-order valence-electron chi connectivity index (χ3n) is 3.10. The predicted octanol–water partition coefficient (Wildman–Crippen LogP) is 2.20. The fraction of sp³-hybridized carbons (Fsp3) is 0.667. The molecule has 0 saturated carbocycles. The number of imide groups is 1. The lowest BCUT2D eigenvalue weighted by molar-refractivity contribution is -0.133. The molecule has 1 aliphatic rings. The Morgan fingerprint density at radius 1 is 1.69 bits per heavy atom. The van der Waals surface area contributed by atoms with E-state index in [0.29, 0.717) is 19.6 Å². The van der Waals surface area contributed by atoms with Gasteiger partial charge < -0.3 is 4.74 Å². The summed E-state index contributed by atoms with van der Waals surface area (Å²) in [6.07, 6.45) is 2.74. The van der Waals surface area contributed by atoms with Crippen molar-refractivity contribution in [2.45, 2.75) is 26.7 Å². The van der Waals surface area contributed by atoms with Crippen LogP contribution in [0.4, 0.5) is 4.79 Å². The van der Waals surface area contributed by atoms with E-state index >= 15 is 0 Å². The van der Waals surface area contributed by atoms with Gasteiger partial charge in [0.15, 0.2) is 0 Å². The number of rotatable bonds is 5. The summed E-state index contributed by atoms with van der Waals surface area (Å²) in [7, 11) is 0. The highest BCUT2D eigenvalue weighted by Crippen LogP contribution is 2.23. The van der Waals surface area contributed by atoms with E-state index in [2.05, 4.69) is 6.58 Å². The van der Waals surface area contributed by atoms with E-state index in [9.17, 15) is 9.59 Å². The van der Waals surface area contributed by atoms with Crippen LogP contribution < -0.4 is 0 Å². The molecule has 0 aromatic carbocycles. The van der Waals surface area contributed by atoms with E-state index in [4.69, 9.17) is 4.74 Å². The van der Waals surface area contributed by atoms with Crippen molar-refractivity contribution in [1.29, 1.82) is 0 Å². The summed E-state index contributed by atoms with van der Waals surface area (Å²) < 4.78 is 4.77. The summed E-state index contributed by atoms with van der Waals surface area (Å²) in [6.45, 7) is 8.41. The van der Waals surface area contributed by atoms with Crippen molar-refractivity contribution in [3.8, 4) is 0 Å². The summed E-state index contributed by atoms with van der Waals surface area (Å²) >= 11 is 0. The van der Waals surface area contributed by atoms with Crippen LogP contribution in [-0.4, -0.2) is 30.1 Å². The third-order valence-corrected chi connectivity index (χ3v) is 3.10. The Hall–Kier alpha value is -1.32. The van der Waals surface area contributed by atoms with Crippen LogP contribution in [0.5, 0.6) is 0 Å². The second-order valence-corrected chi connectivity index (χ2v) is 4.12. The molecule has 0 bridgehead atoms. The van der Waals surface area contributed by atoms with Gasteiger partial charge in [0, 0.05) is 5.92 Å². The third kappa shape index (κ3) is 2.62. The Morgan fingerprint density at radius 2 is 2.38 bits per heavy atom. The molecule has 1 saturated heterocycles. The van der Waals surface area contributed by atoms with Crippen LogP contribution in [0.25, 0.3) is 0 Å². The number of amides is 2. The minimum atomic E-state index is -0.512. The van der Waals surface area contributed by atoms with E-state index in [-0.39, 0.29) is 17.7 Å². The molecule has 1 rings (SSSR count). The quantitative estimate of drug-likeness (QED) is 0.674. The Kier molecular flexibility index (Phi) is 4.52. The Morgan fingerprint density at radius 3 is 2.81 bits per heavy atom. The first-order chi connectivity index (χ1) is 7.61. The van der Waals surface area contributed by atoms with Crippen LogP contribution in [0.2, 0.25) is 0 Å². The van der Waals surface area contributed by atoms with Gasteiger partial charge in [-0.15, -0.1) is 6.58 Å². The minimum Gasteiger partial charge on any atom is -0.447 e. The van der Waals surface area contributed by atoms with Crippen LogP contribution >= 0.6 is 0 Å². The number of allylic oxidation sites excluding steroid dienone is 1. The smallest absolute Gasteiger partial charge is 0.416 e. The Bertz CT molecular complexity index is 288. The molecule has 0 aromatic heterocycles. The molecule has 2 atom stereocenters. The maximum absolute atomic E-state index is 12.1. The van der Waals surface area contributed by atoms with Crippen molar-refractivity contribution < 1.29 is 14.3 Å².